The van der Waals surface area contributed by atoms with Gasteiger partial charge in [0.1, 0.15) is 0 Å². The molecule has 4 rings (SSSR count). The molecule has 0 atom stereocenters. The van der Waals surface area contributed by atoms with Gasteiger partial charge in [0.05, 0.1) is 0 Å². The molecule has 148 valence electrons. The molecule has 2 heteroatoms. The third-order valence-electron chi connectivity index (χ3n) is 6.34. The van der Waals surface area contributed by atoms with Crippen LogP contribution in [0.3, 0.4) is 0 Å². The first-order valence-electron chi connectivity index (χ1n) is 10.3. The van der Waals surface area contributed by atoms with Gasteiger partial charge in [0, 0.05) is 0 Å². The molecule has 4 aromatic rings. The van der Waals surface area contributed by atoms with Gasteiger partial charge in [-0.2, -0.15) is 0 Å². The van der Waals surface area contributed by atoms with Crippen LogP contribution < -0.4 is 26.5 Å². The molecule has 0 N–H and O–H groups in total. The van der Waals surface area contributed by atoms with Crippen molar-refractivity contribution in [1.82, 2.24) is 0 Å². The Bertz CT molecular complexity index is 1030. The van der Waals surface area contributed by atoms with E-state index in [4.69, 9.17) is 0 Å². The molecule has 0 saturated heterocycles. The topological polar surface area (TPSA) is 0 Å². The molecule has 0 fully saturated rings. The van der Waals surface area contributed by atoms with Crippen molar-refractivity contribution in [2.45, 2.75) is 0 Å². The van der Waals surface area contributed by atoms with E-state index in [0.29, 0.717) is 0 Å². The van der Waals surface area contributed by atoms with Crippen molar-refractivity contribution in [3.8, 4) is 0 Å². The van der Waals surface area contributed by atoms with Gasteiger partial charge in [0.15, 0.2) is 0 Å². The Hall–Kier alpha value is -2.26. The number of hydrogen-bond acceptors (Lipinski definition) is 0. The van der Waals surface area contributed by atoms with Crippen LogP contribution in [0.4, 0.5) is 0 Å². The first-order chi connectivity index (χ1) is 14.0. The van der Waals surface area contributed by atoms with E-state index in [-0.39, 0.29) is 0 Å². The van der Waals surface area contributed by atoms with Gasteiger partial charge in [-0.1, -0.05) is 0 Å². The van der Waals surface area contributed by atoms with Gasteiger partial charge in [-0.05, 0) is 0 Å². The van der Waals surface area contributed by atoms with Crippen molar-refractivity contribution >= 4 is 41.0 Å². The summed E-state index contributed by atoms with van der Waals surface area (Å²) in [6, 6.07) is 42.6. The summed E-state index contributed by atoms with van der Waals surface area (Å²) in [7, 11) is -3.97. The fourth-order valence-corrected chi connectivity index (χ4v) is 12.5. The third-order valence-corrected chi connectivity index (χ3v) is 14.6. The number of rotatable bonds is 5. The molecule has 0 aliphatic carbocycles. The summed E-state index contributed by atoms with van der Waals surface area (Å²) in [5.74, 6) is 0. The Kier molecular flexibility index (Phi) is 5.69. The molecule has 0 amide bonds. The SMILES string of the molecule is C[PH](C)(c1ccccc1)c1ccccc1[PH](C)(c1ccccc1)c1ccccc1. The molecule has 0 aliphatic rings. The van der Waals surface area contributed by atoms with Crippen molar-refractivity contribution in [3.63, 3.8) is 0 Å². The summed E-state index contributed by atoms with van der Waals surface area (Å²) in [4.78, 5) is 0. The van der Waals surface area contributed by atoms with Crippen LogP contribution in [0, 0.1) is 0 Å². The van der Waals surface area contributed by atoms with Crippen LogP contribution in [0.2, 0.25) is 0 Å². The zero-order valence-corrected chi connectivity index (χ0v) is 19.5. The van der Waals surface area contributed by atoms with Crippen LogP contribution in [0.25, 0.3) is 0 Å². The minimum atomic E-state index is -2.13. The number of hydrogen-bond donors (Lipinski definition) is 0. The van der Waals surface area contributed by atoms with Crippen LogP contribution in [-0.2, 0) is 0 Å². The predicted molar refractivity (Wildman–Crippen MR) is 138 cm³/mol. The van der Waals surface area contributed by atoms with Crippen molar-refractivity contribution in [3.05, 3.63) is 115 Å². The molecular formula is C27H30P2. The predicted octanol–water partition coefficient (Wildman–Crippen LogP) is 4.30. The fourth-order valence-electron chi connectivity index (χ4n) is 4.50. The van der Waals surface area contributed by atoms with E-state index in [1.54, 1.807) is 10.6 Å². The first-order valence-corrected chi connectivity index (χ1v) is 15.8. The standard InChI is InChI=1S/C27H30P2/c1-28(2,23-15-7-4-8-16-23)26-21-13-14-22-27(26)29(3,24-17-9-5-10-18-24)25-19-11-6-12-20-25/h4-22,28-29H,1-3H3. The molecule has 0 bridgehead atoms. The molecule has 0 unspecified atom stereocenters. The third kappa shape index (κ3) is 3.69. The van der Waals surface area contributed by atoms with Crippen LogP contribution in [0.15, 0.2) is 115 Å². The van der Waals surface area contributed by atoms with E-state index in [1.165, 1.54) is 15.9 Å². The van der Waals surface area contributed by atoms with Crippen LogP contribution in [-0.4, -0.2) is 20.0 Å². The van der Waals surface area contributed by atoms with Gasteiger partial charge in [-0.15, -0.1) is 0 Å². The van der Waals surface area contributed by atoms with Crippen LogP contribution in [0.1, 0.15) is 0 Å². The van der Waals surface area contributed by atoms with Crippen molar-refractivity contribution in [1.29, 1.82) is 0 Å². The zero-order chi connectivity index (χ0) is 20.3. The van der Waals surface area contributed by atoms with E-state index in [0.717, 1.165) is 0 Å². The second-order valence-corrected chi connectivity index (χ2v) is 16.7. The molecule has 0 aliphatic heterocycles. The summed E-state index contributed by atoms with van der Waals surface area (Å²) in [6.07, 6.45) is 0. The molecule has 0 spiro atoms. The molecule has 4 aromatic carbocycles. The molecular weight excluding hydrogens is 386 g/mol. The summed E-state index contributed by atoms with van der Waals surface area (Å²) in [5, 5.41) is 7.55. The minimum absolute atomic E-state index is 1.47. The van der Waals surface area contributed by atoms with Gasteiger partial charge in [0.2, 0.25) is 0 Å². The Balaban J connectivity index is 1.99. The van der Waals surface area contributed by atoms with Gasteiger partial charge in [0.25, 0.3) is 0 Å². The summed E-state index contributed by atoms with van der Waals surface area (Å²) < 4.78 is 0. The van der Waals surface area contributed by atoms with Crippen LogP contribution >= 0.6 is 14.5 Å². The molecule has 0 aromatic heterocycles. The Morgan fingerprint density at radius 2 is 0.724 bits per heavy atom. The summed E-state index contributed by atoms with van der Waals surface area (Å²) >= 11 is 0. The Morgan fingerprint density at radius 1 is 0.379 bits per heavy atom. The molecule has 0 radical (unpaired) electrons. The van der Waals surface area contributed by atoms with E-state index in [9.17, 15) is 0 Å². The normalized spacial score (nSPS) is 13.1. The second kappa shape index (κ2) is 8.23. The van der Waals surface area contributed by atoms with E-state index in [2.05, 4.69) is 135 Å². The molecule has 29 heavy (non-hydrogen) atoms. The van der Waals surface area contributed by atoms with Crippen molar-refractivity contribution < 1.29 is 0 Å². The molecule has 0 saturated carbocycles. The van der Waals surface area contributed by atoms with Gasteiger partial charge < -0.3 is 0 Å². The zero-order valence-electron chi connectivity index (χ0n) is 17.5. The monoisotopic (exact) mass is 416 g/mol. The first kappa shape index (κ1) is 20.0. The quantitative estimate of drug-likeness (QED) is 0.426. The van der Waals surface area contributed by atoms with Crippen LogP contribution in [0.5, 0.6) is 0 Å². The van der Waals surface area contributed by atoms with Gasteiger partial charge in [-0.25, -0.2) is 0 Å². The van der Waals surface area contributed by atoms with E-state index >= 15 is 0 Å². The average molecular weight is 416 g/mol. The van der Waals surface area contributed by atoms with Crippen molar-refractivity contribution in [2.24, 2.45) is 0 Å². The van der Waals surface area contributed by atoms with Crippen molar-refractivity contribution in [2.75, 3.05) is 20.0 Å². The van der Waals surface area contributed by atoms with Gasteiger partial charge >= 0.3 is 176 Å². The Morgan fingerprint density at radius 3 is 1.17 bits per heavy atom. The maximum atomic E-state index is 2.52. The number of benzene rings is 4. The maximum absolute atomic E-state index is 2.52. The summed E-state index contributed by atoms with van der Waals surface area (Å²) in [5.41, 5.74) is 0. The Labute approximate surface area is 176 Å². The van der Waals surface area contributed by atoms with E-state index in [1.807, 2.05) is 0 Å². The van der Waals surface area contributed by atoms with E-state index < -0.39 is 14.5 Å². The summed E-state index contributed by atoms with van der Waals surface area (Å²) in [6.45, 7) is 7.50. The fraction of sp³-hybridized carbons (Fsp3) is 0.111. The van der Waals surface area contributed by atoms with Gasteiger partial charge in [-0.3, -0.25) is 0 Å². The average Bonchev–Trinajstić information content (AvgIpc) is 2.80. The second-order valence-electron chi connectivity index (χ2n) is 8.39. The molecule has 0 heterocycles. The molecule has 0 nitrogen and oxygen atoms in total.